The summed E-state index contributed by atoms with van der Waals surface area (Å²) in [6.45, 7) is 6.28. The Kier molecular flexibility index (Phi) is 5.77. The Bertz CT molecular complexity index is 554. The van der Waals surface area contributed by atoms with Gasteiger partial charge in [-0.2, -0.15) is 0 Å². The Morgan fingerprint density at radius 3 is 2.52 bits per heavy atom. The number of aromatic carboxylic acids is 1. The number of nitrogens with zero attached hydrogens (tertiary/aromatic N) is 2. The monoisotopic (exact) mass is 318 g/mol. The first-order valence-corrected chi connectivity index (χ1v) is 8.19. The Hall–Kier alpha value is -1.88. The standard InChI is InChI=1S/C18H26N2O3/c1-13(2)19(3)17(21)12-20-10-4-5-16(11-20)14-6-8-15(9-7-14)18(22)23/h6-9,13,16H,4-5,10-12H2,1-3H3,(H,22,23). The highest BCUT2D eigenvalue weighted by molar-refractivity contribution is 5.87. The first-order valence-electron chi connectivity index (χ1n) is 8.19. The van der Waals surface area contributed by atoms with Crippen LogP contribution >= 0.6 is 0 Å². The van der Waals surface area contributed by atoms with Crippen LogP contribution < -0.4 is 0 Å². The first kappa shape index (κ1) is 17.5. The lowest BCUT2D eigenvalue weighted by atomic mass is 9.90. The number of benzene rings is 1. The summed E-state index contributed by atoms with van der Waals surface area (Å²) < 4.78 is 0. The van der Waals surface area contributed by atoms with E-state index in [4.69, 9.17) is 5.11 Å². The molecule has 0 radical (unpaired) electrons. The van der Waals surface area contributed by atoms with Crippen molar-refractivity contribution in [1.82, 2.24) is 9.80 Å². The van der Waals surface area contributed by atoms with Gasteiger partial charge in [-0.25, -0.2) is 4.79 Å². The first-order chi connectivity index (χ1) is 10.9. The van der Waals surface area contributed by atoms with Crippen LogP contribution in [-0.4, -0.2) is 59.5 Å². The van der Waals surface area contributed by atoms with E-state index in [9.17, 15) is 9.59 Å². The van der Waals surface area contributed by atoms with Crippen LogP contribution in [0.1, 0.15) is 48.5 Å². The van der Waals surface area contributed by atoms with Gasteiger partial charge in [0.2, 0.25) is 5.91 Å². The molecule has 5 nitrogen and oxygen atoms in total. The number of hydrogen-bond donors (Lipinski definition) is 1. The summed E-state index contributed by atoms with van der Waals surface area (Å²) in [5, 5.41) is 8.97. The van der Waals surface area contributed by atoms with Gasteiger partial charge in [-0.05, 0) is 56.8 Å². The molecule has 0 spiro atoms. The predicted molar refractivity (Wildman–Crippen MR) is 89.7 cm³/mol. The van der Waals surface area contributed by atoms with Crippen molar-refractivity contribution in [3.8, 4) is 0 Å². The zero-order valence-corrected chi connectivity index (χ0v) is 14.2. The summed E-state index contributed by atoms with van der Waals surface area (Å²) in [5.74, 6) is -0.380. The molecule has 1 amide bonds. The van der Waals surface area contributed by atoms with Gasteiger partial charge in [-0.3, -0.25) is 9.69 Å². The largest absolute Gasteiger partial charge is 0.478 e. The summed E-state index contributed by atoms with van der Waals surface area (Å²) in [6, 6.07) is 7.34. The van der Waals surface area contributed by atoms with Crippen molar-refractivity contribution >= 4 is 11.9 Å². The second-order valence-corrected chi connectivity index (χ2v) is 6.60. The lowest BCUT2D eigenvalue weighted by molar-refractivity contribution is -0.132. The van der Waals surface area contributed by atoms with Crippen LogP contribution in [0, 0.1) is 0 Å². The van der Waals surface area contributed by atoms with Crippen LogP contribution in [0.2, 0.25) is 0 Å². The van der Waals surface area contributed by atoms with E-state index in [1.165, 1.54) is 0 Å². The minimum atomic E-state index is -0.899. The lowest BCUT2D eigenvalue weighted by Gasteiger charge is -2.34. The summed E-state index contributed by atoms with van der Waals surface area (Å²) in [6.07, 6.45) is 2.14. The zero-order valence-electron chi connectivity index (χ0n) is 14.2. The van der Waals surface area contributed by atoms with Crippen LogP contribution in [0.15, 0.2) is 24.3 Å². The van der Waals surface area contributed by atoms with Gasteiger partial charge in [-0.1, -0.05) is 12.1 Å². The van der Waals surface area contributed by atoms with E-state index in [-0.39, 0.29) is 11.9 Å². The second kappa shape index (κ2) is 7.59. The molecule has 1 unspecified atom stereocenters. The molecule has 1 aromatic rings. The average molecular weight is 318 g/mol. The van der Waals surface area contributed by atoms with Gasteiger partial charge in [-0.15, -0.1) is 0 Å². The average Bonchev–Trinajstić information content (AvgIpc) is 2.54. The van der Waals surface area contributed by atoms with Crippen molar-refractivity contribution in [2.75, 3.05) is 26.7 Å². The molecule has 0 aromatic heterocycles. The molecule has 2 rings (SSSR count). The molecular formula is C18H26N2O3. The number of amides is 1. The van der Waals surface area contributed by atoms with E-state index >= 15 is 0 Å². The van der Waals surface area contributed by atoms with E-state index in [1.54, 1.807) is 17.0 Å². The molecule has 1 N–H and O–H groups in total. The minimum absolute atomic E-state index is 0.155. The highest BCUT2D eigenvalue weighted by Gasteiger charge is 2.24. The maximum absolute atomic E-state index is 12.2. The van der Waals surface area contributed by atoms with Crippen molar-refractivity contribution in [3.05, 3.63) is 35.4 Å². The fourth-order valence-electron chi connectivity index (χ4n) is 2.96. The molecule has 5 heteroatoms. The van der Waals surface area contributed by atoms with Crippen molar-refractivity contribution in [2.24, 2.45) is 0 Å². The summed E-state index contributed by atoms with van der Waals surface area (Å²) in [7, 11) is 1.85. The summed E-state index contributed by atoms with van der Waals surface area (Å²) in [4.78, 5) is 27.2. The third kappa shape index (κ3) is 4.55. The van der Waals surface area contributed by atoms with Crippen molar-refractivity contribution in [2.45, 2.75) is 38.6 Å². The highest BCUT2D eigenvalue weighted by Crippen LogP contribution is 2.27. The fourth-order valence-corrected chi connectivity index (χ4v) is 2.96. The van der Waals surface area contributed by atoms with Crippen molar-refractivity contribution in [1.29, 1.82) is 0 Å². The van der Waals surface area contributed by atoms with E-state index in [2.05, 4.69) is 4.90 Å². The molecule has 1 heterocycles. The number of carbonyl (C=O) groups excluding carboxylic acids is 1. The Labute approximate surface area is 137 Å². The number of likely N-dealkylation sites (N-methyl/N-ethyl adjacent to an activating group) is 1. The number of likely N-dealkylation sites (tertiary alicyclic amines) is 1. The smallest absolute Gasteiger partial charge is 0.335 e. The van der Waals surface area contributed by atoms with Gasteiger partial charge in [0.05, 0.1) is 12.1 Å². The Morgan fingerprint density at radius 1 is 1.30 bits per heavy atom. The van der Waals surface area contributed by atoms with E-state index in [1.807, 2.05) is 33.0 Å². The third-order valence-corrected chi connectivity index (χ3v) is 4.66. The Balaban J connectivity index is 1.97. The van der Waals surface area contributed by atoms with Gasteiger partial charge < -0.3 is 10.0 Å². The maximum Gasteiger partial charge on any atom is 0.335 e. The van der Waals surface area contributed by atoms with Crippen LogP contribution in [0.3, 0.4) is 0 Å². The van der Waals surface area contributed by atoms with Crippen molar-refractivity contribution < 1.29 is 14.7 Å². The molecular weight excluding hydrogens is 292 g/mol. The van der Waals surface area contributed by atoms with Crippen LogP contribution in [-0.2, 0) is 4.79 Å². The molecule has 0 aliphatic carbocycles. The molecule has 126 valence electrons. The normalized spacial score (nSPS) is 18.9. The minimum Gasteiger partial charge on any atom is -0.478 e. The molecule has 0 saturated carbocycles. The SMILES string of the molecule is CC(C)N(C)C(=O)CN1CCCC(c2ccc(C(=O)O)cc2)C1. The fraction of sp³-hybridized carbons (Fsp3) is 0.556. The molecule has 1 atom stereocenters. The summed E-state index contributed by atoms with van der Waals surface area (Å²) in [5.41, 5.74) is 1.47. The molecule has 0 bridgehead atoms. The number of piperidine rings is 1. The van der Waals surface area contributed by atoms with Crippen LogP contribution in [0.25, 0.3) is 0 Å². The molecule has 1 fully saturated rings. The van der Waals surface area contributed by atoms with Gasteiger partial charge in [0.25, 0.3) is 0 Å². The molecule has 23 heavy (non-hydrogen) atoms. The number of carbonyl (C=O) groups is 2. The maximum atomic E-state index is 12.2. The second-order valence-electron chi connectivity index (χ2n) is 6.60. The Morgan fingerprint density at radius 2 is 1.96 bits per heavy atom. The topological polar surface area (TPSA) is 60.9 Å². The van der Waals surface area contributed by atoms with E-state index < -0.39 is 5.97 Å². The lowest BCUT2D eigenvalue weighted by Crippen LogP contribution is -2.44. The summed E-state index contributed by atoms with van der Waals surface area (Å²) >= 11 is 0. The molecule has 1 saturated heterocycles. The zero-order chi connectivity index (χ0) is 17.0. The number of carboxylic acids is 1. The molecule has 1 aromatic carbocycles. The number of carboxylic acid groups (broad SMARTS) is 1. The highest BCUT2D eigenvalue weighted by atomic mass is 16.4. The van der Waals surface area contributed by atoms with Crippen molar-refractivity contribution in [3.63, 3.8) is 0 Å². The number of rotatable bonds is 5. The van der Waals surface area contributed by atoms with Gasteiger partial charge in [0.15, 0.2) is 0 Å². The van der Waals surface area contributed by atoms with Crippen LogP contribution in [0.5, 0.6) is 0 Å². The van der Waals surface area contributed by atoms with Gasteiger partial charge in [0.1, 0.15) is 0 Å². The molecule has 1 aliphatic heterocycles. The number of hydrogen-bond acceptors (Lipinski definition) is 3. The van der Waals surface area contributed by atoms with Gasteiger partial charge in [0, 0.05) is 19.6 Å². The molecule has 1 aliphatic rings. The third-order valence-electron chi connectivity index (χ3n) is 4.66. The van der Waals surface area contributed by atoms with E-state index in [0.29, 0.717) is 18.0 Å². The predicted octanol–water partition coefficient (Wildman–Crippen LogP) is 2.43. The van der Waals surface area contributed by atoms with Crippen LogP contribution in [0.4, 0.5) is 0 Å². The van der Waals surface area contributed by atoms with Gasteiger partial charge >= 0.3 is 5.97 Å². The van der Waals surface area contributed by atoms with E-state index in [0.717, 1.165) is 31.5 Å². The quantitative estimate of drug-likeness (QED) is 0.906.